The SMILES string of the molecule is CCc1ccc(OCCN2CCOCC2)c(F)c1. The highest BCUT2D eigenvalue weighted by Crippen LogP contribution is 2.18. The van der Waals surface area contributed by atoms with Crippen molar-refractivity contribution in [2.45, 2.75) is 13.3 Å². The lowest BCUT2D eigenvalue weighted by atomic mass is 10.1. The van der Waals surface area contributed by atoms with Gasteiger partial charge < -0.3 is 9.47 Å². The van der Waals surface area contributed by atoms with E-state index in [2.05, 4.69) is 4.90 Å². The minimum Gasteiger partial charge on any atom is -0.489 e. The Morgan fingerprint density at radius 1 is 1.33 bits per heavy atom. The minimum absolute atomic E-state index is 0.267. The van der Waals surface area contributed by atoms with Crippen molar-refractivity contribution in [1.82, 2.24) is 4.90 Å². The summed E-state index contributed by atoms with van der Waals surface area (Å²) in [7, 11) is 0. The second kappa shape index (κ2) is 6.71. The van der Waals surface area contributed by atoms with Crippen molar-refractivity contribution in [3.05, 3.63) is 29.6 Å². The molecule has 1 saturated heterocycles. The predicted octanol–water partition coefficient (Wildman–Crippen LogP) is 2.10. The van der Waals surface area contributed by atoms with Crippen molar-refractivity contribution in [3.63, 3.8) is 0 Å². The highest BCUT2D eigenvalue weighted by molar-refractivity contribution is 5.29. The Balaban J connectivity index is 1.79. The Morgan fingerprint density at radius 2 is 2.11 bits per heavy atom. The van der Waals surface area contributed by atoms with Crippen LogP contribution in [0.25, 0.3) is 0 Å². The van der Waals surface area contributed by atoms with E-state index in [9.17, 15) is 4.39 Å². The molecule has 0 amide bonds. The van der Waals surface area contributed by atoms with E-state index in [1.54, 1.807) is 12.1 Å². The maximum atomic E-state index is 13.6. The number of halogens is 1. The van der Waals surface area contributed by atoms with Gasteiger partial charge in [-0.1, -0.05) is 13.0 Å². The number of benzene rings is 1. The zero-order valence-corrected chi connectivity index (χ0v) is 10.8. The second-order valence-electron chi connectivity index (χ2n) is 4.42. The summed E-state index contributed by atoms with van der Waals surface area (Å²) in [6.07, 6.45) is 0.838. The number of morpholine rings is 1. The molecule has 0 spiro atoms. The molecule has 0 saturated carbocycles. The van der Waals surface area contributed by atoms with E-state index >= 15 is 0 Å². The third kappa shape index (κ3) is 3.68. The largest absolute Gasteiger partial charge is 0.489 e. The summed E-state index contributed by atoms with van der Waals surface area (Å²) < 4.78 is 24.4. The van der Waals surface area contributed by atoms with Crippen LogP contribution in [0.1, 0.15) is 12.5 Å². The standard InChI is InChI=1S/C14H20FNO2/c1-2-12-3-4-14(13(15)11-12)18-10-7-16-5-8-17-9-6-16/h3-4,11H,2,5-10H2,1H3. The second-order valence-corrected chi connectivity index (χ2v) is 4.42. The van der Waals surface area contributed by atoms with Crippen LogP contribution in [-0.2, 0) is 11.2 Å². The molecule has 1 aliphatic heterocycles. The summed E-state index contributed by atoms with van der Waals surface area (Å²) in [5.74, 6) is 0.0804. The predicted molar refractivity (Wildman–Crippen MR) is 68.5 cm³/mol. The van der Waals surface area contributed by atoms with E-state index in [-0.39, 0.29) is 5.82 Å². The molecule has 1 heterocycles. The van der Waals surface area contributed by atoms with Gasteiger partial charge in [0.2, 0.25) is 0 Å². The van der Waals surface area contributed by atoms with E-state index in [0.29, 0.717) is 12.4 Å². The molecule has 0 N–H and O–H groups in total. The van der Waals surface area contributed by atoms with Crippen molar-refractivity contribution in [3.8, 4) is 5.75 Å². The van der Waals surface area contributed by atoms with Gasteiger partial charge in [0.05, 0.1) is 13.2 Å². The molecule has 3 nitrogen and oxygen atoms in total. The molecule has 0 atom stereocenters. The van der Waals surface area contributed by atoms with Crippen molar-refractivity contribution < 1.29 is 13.9 Å². The fraction of sp³-hybridized carbons (Fsp3) is 0.571. The van der Waals surface area contributed by atoms with Gasteiger partial charge in [-0.25, -0.2) is 4.39 Å². The number of ether oxygens (including phenoxy) is 2. The Bertz CT molecular complexity index is 378. The summed E-state index contributed by atoms with van der Waals surface area (Å²) >= 11 is 0. The molecule has 1 aromatic carbocycles. The molecule has 4 heteroatoms. The monoisotopic (exact) mass is 253 g/mol. The normalized spacial score (nSPS) is 16.8. The topological polar surface area (TPSA) is 21.7 Å². The number of aryl methyl sites for hydroxylation is 1. The van der Waals surface area contributed by atoms with Crippen LogP contribution in [0.4, 0.5) is 4.39 Å². The van der Waals surface area contributed by atoms with Gasteiger partial charge in [-0.05, 0) is 24.1 Å². The van der Waals surface area contributed by atoms with E-state index in [1.807, 2.05) is 13.0 Å². The molecular weight excluding hydrogens is 233 g/mol. The average Bonchev–Trinajstić information content (AvgIpc) is 2.42. The van der Waals surface area contributed by atoms with Gasteiger partial charge in [0.1, 0.15) is 6.61 Å². The first kappa shape index (κ1) is 13.3. The van der Waals surface area contributed by atoms with Gasteiger partial charge in [0.25, 0.3) is 0 Å². The Kier molecular flexibility index (Phi) is 4.96. The number of hydrogen-bond acceptors (Lipinski definition) is 3. The first-order valence-electron chi connectivity index (χ1n) is 6.51. The fourth-order valence-corrected chi connectivity index (χ4v) is 1.99. The zero-order chi connectivity index (χ0) is 12.8. The maximum Gasteiger partial charge on any atom is 0.165 e. The quantitative estimate of drug-likeness (QED) is 0.802. The molecule has 0 aliphatic carbocycles. The molecule has 0 unspecified atom stereocenters. The molecule has 1 aromatic rings. The highest BCUT2D eigenvalue weighted by atomic mass is 19.1. The smallest absolute Gasteiger partial charge is 0.165 e. The number of rotatable bonds is 5. The summed E-state index contributed by atoms with van der Waals surface area (Å²) in [6, 6.07) is 5.17. The van der Waals surface area contributed by atoms with Gasteiger partial charge in [-0.2, -0.15) is 0 Å². The lowest BCUT2D eigenvalue weighted by molar-refractivity contribution is 0.0320. The van der Waals surface area contributed by atoms with E-state index in [4.69, 9.17) is 9.47 Å². The maximum absolute atomic E-state index is 13.6. The molecule has 0 aromatic heterocycles. The molecule has 100 valence electrons. The first-order chi connectivity index (χ1) is 8.79. The molecule has 0 bridgehead atoms. The van der Waals surface area contributed by atoms with Crippen molar-refractivity contribution in [2.75, 3.05) is 39.5 Å². The van der Waals surface area contributed by atoms with Crippen LogP contribution >= 0.6 is 0 Å². The number of nitrogens with zero attached hydrogens (tertiary/aromatic N) is 1. The van der Waals surface area contributed by atoms with Crippen molar-refractivity contribution in [1.29, 1.82) is 0 Å². The summed E-state index contributed by atoms with van der Waals surface area (Å²) in [5.41, 5.74) is 0.994. The molecule has 1 fully saturated rings. The van der Waals surface area contributed by atoms with Crippen LogP contribution < -0.4 is 4.74 Å². The van der Waals surface area contributed by atoms with Gasteiger partial charge in [0.15, 0.2) is 11.6 Å². The van der Waals surface area contributed by atoms with Gasteiger partial charge in [-0.15, -0.1) is 0 Å². The Hall–Kier alpha value is -1.13. The van der Waals surface area contributed by atoms with E-state index in [1.165, 1.54) is 0 Å². The molecule has 18 heavy (non-hydrogen) atoms. The van der Waals surface area contributed by atoms with Gasteiger partial charge >= 0.3 is 0 Å². The lowest BCUT2D eigenvalue weighted by Crippen LogP contribution is -2.38. The van der Waals surface area contributed by atoms with Crippen molar-refractivity contribution >= 4 is 0 Å². The van der Waals surface area contributed by atoms with Gasteiger partial charge in [-0.3, -0.25) is 4.90 Å². The van der Waals surface area contributed by atoms with Crippen LogP contribution in [0.3, 0.4) is 0 Å². The molecule has 0 radical (unpaired) electrons. The Labute approximate surface area is 107 Å². The van der Waals surface area contributed by atoms with E-state index in [0.717, 1.165) is 44.8 Å². The van der Waals surface area contributed by atoms with Crippen molar-refractivity contribution in [2.24, 2.45) is 0 Å². The molecule has 2 rings (SSSR count). The summed E-state index contributed by atoms with van der Waals surface area (Å²) in [6.45, 7) is 6.76. The van der Waals surface area contributed by atoms with Crippen LogP contribution in [-0.4, -0.2) is 44.4 Å². The summed E-state index contributed by atoms with van der Waals surface area (Å²) in [4.78, 5) is 2.27. The number of hydrogen-bond donors (Lipinski definition) is 0. The third-order valence-corrected chi connectivity index (χ3v) is 3.17. The fourth-order valence-electron chi connectivity index (χ4n) is 1.99. The van der Waals surface area contributed by atoms with Crippen LogP contribution in [0.15, 0.2) is 18.2 Å². The van der Waals surface area contributed by atoms with Crippen LogP contribution in [0.2, 0.25) is 0 Å². The first-order valence-corrected chi connectivity index (χ1v) is 6.51. The highest BCUT2D eigenvalue weighted by Gasteiger charge is 2.10. The van der Waals surface area contributed by atoms with Crippen LogP contribution in [0, 0.1) is 5.82 Å². The summed E-state index contributed by atoms with van der Waals surface area (Å²) in [5, 5.41) is 0. The third-order valence-electron chi connectivity index (χ3n) is 3.17. The Morgan fingerprint density at radius 3 is 2.78 bits per heavy atom. The van der Waals surface area contributed by atoms with Crippen LogP contribution in [0.5, 0.6) is 5.75 Å². The molecule has 1 aliphatic rings. The zero-order valence-electron chi connectivity index (χ0n) is 10.8. The molecular formula is C14H20FNO2. The van der Waals surface area contributed by atoms with E-state index < -0.39 is 0 Å². The lowest BCUT2D eigenvalue weighted by Gasteiger charge is -2.26. The average molecular weight is 253 g/mol. The minimum atomic E-state index is -0.267. The van der Waals surface area contributed by atoms with Gasteiger partial charge in [0, 0.05) is 19.6 Å².